The van der Waals surface area contributed by atoms with E-state index in [1.165, 1.54) is 16.3 Å². The molecule has 0 N–H and O–H groups in total. The largest absolute Gasteiger partial charge is 2.00 e. The third-order valence-corrected chi connectivity index (χ3v) is 2.04. The van der Waals surface area contributed by atoms with E-state index >= 15 is 0 Å². The van der Waals surface area contributed by atoms with Gasteiger partial charge < -0.3 is 2.85 Å². The summed E-state index contributed by atoms with van der Waals surface area (Å²) in [5.74, 6) is 0. The van der Waals surface area contributed by atoms with Gasteiger partial charge in [-0.15, -0.1) is 0 Å². The van der Waals surface area contributed by atoms with Crippen molar-refractivity contribution in [2.45, 2.75) is 0 Å². The second-order valence-corrected chi connectivity index (χ2v) is 2.77. The maximum Gasteiger partial charge on any atom is 2.00 e. The van der Waals surface area contributed by atoms with Gasteiger partial charge in [-0.2, -0.15) is 0 Å². The summed E-state index contributed by atoms with van der Waals surface area (Å²) in [6, 6.07) is 14.6. The zero-order chi connectivity index (χ0) is 8.39. The molecular formula is C12H12Ca. The topological polar surface area (TPSA) is 0 Å². The van der Waals surface area contributed by atoms with Gasteiger partial charge in [-0.25, -0.2) is 0 Å². The molecule has 2 rings (SSSR count). The molecule has 0 saturated carbocycles. The van der Waals surface area contributed by atoms with Crippen LogP contribution in [0.1, 0.15) is 8.42 Å². The Labute approximate surface area is 111 Å². The van der Waals surface area contributed by atoms with Gasteiger partial charge in [-0.1, -0.05) is 55.1 Å². The summed E-state index contributed by atoms with van der Waals surface area (Å²) in [6.07, 6.45) is 1.89. The van der Waals surface area contributed by atoms with Crippen molar-refractivity contribution in [2.24, 2.45) is 0 Å². The van der Waals surface area contributed by atoms with Crippen LogP contribution in [-0.4, -0.2) is 37.7 Å². The second kappa shape index (κ2) is 4.80. The Balaban J connectivity index is 0. The van der Waals surface area contributed by atoms with E-state index < -0.39 is 0 Å². The van der Waals surface area contributed by atoms with Crippen molar-refractivity contribution in [1.29, 1.82) is 0 Å². The average molecular weight is 196 g/mol. The third kappa shape index (κ3) is 2.14. The minimum atomic E-state index is 0. The van der Waals surface area contributed by atoms with Gasteiger partial charge in [0.2, 0.25) is 0 Å². The van der Waals surface area contributed by atoms with E-state index in [1.54, 1.807) is 0 Å². The van der Waals surface area contributed by atoms with Crippen LogP contribution in [0.15, 0.2) is 49.0 Å². The van der Waals surface area contributed by atoms with Gasteiger partial charge in [0, 0.05) is 0 Å². The van der Waals surface area contributed by atoms with E-state index in [0.29, 0.717) is 0 Å². The van der Waals surface area contributed by atoms with Crippen LogP contribution < -0.4 is 0 Å². The van der Waals surface area contributed by atoms with Gasteiger partial charge in [0.25, 0.3) is 0 Å². The van der Waals surface area contributed by atoms with E-state index in [-0.39, 0.29) is 40.6 Å². The molecule has 2 aromatic carbocycles. The first-order chi connectivity index (χ1) is 5.92. The molecule has 2 aromatic rings. The molecule has 0 radical (unpaired) electrons. The molecule has 0 aliphatic rings. The van der Waals surface area contributed by atoms with Crippen molar-refractivity contribution in [1.82, 2.24) is 0 Å². The number of rotatable bonds is 1. The van der Waals surface area contributed by atoms with Crippen LogP contribution in [0.25, 0.3) is 16.8 Å². The van der Waals surface area contributed by atoms with E-state index in [0.717, 1.165) is 0 Å². The number of benzene rings is 2. The zero-order valence-corrected chi connectivity index (χ0v) is 9.74. The Hall–Kier alpha value is -0.300. The quantitative estimate of drug-likeness (QED) is 0.614. The minimum absolute atomic E-state index is 0. The van der Waals surface area contributed by atoms with Crippen LogP contribution in [0.5, 0.6) is 0 Å². The fraction of sp³-hybridized carbons (Fsp3) is 0. The van der Waals surface area contributed by atoms with Crippen molar-refractivity contribution in [2.75, 3.05) is 0 Å². The minimum Gasteiger partial charge on any atom is -1.00 e. The first-order valence-electron chi connectivity index (χ1n) is 4.02. The van der Waals surface area contributed by atoms with Gasteiger partial charge in [-0.3, -0.25) is 0 Å². The van der Waals surface area contributed by atoms with Crippen molar-refractivity contribution >= 4 is 54.6 Å². The van der Waals surface area contributed by atoms with Crippen molar-refractivity contribution in [3.8, 4) is 0 Å². The normalized spacial score (nSPS) is 9.23. The predicted molar refractivity (Wildman–Crippen MR) is 62.0 cm³/mol. The van der Waals surface area contributed by atoms with Crippen LogP contribution >= 0.6 is 0 Å². The molecule has 0 aromatic heterocycles. The monoisotopic (exact) mass is 196 g/mol. The van der Waals surface area contributed by atoms with Crippen LogP contribution in [0.4, 0.5) is 0 Å². The standard InChI is InChI=1S/C12H10.Ca.2H/c1-2-10-7-5-8-11-6-3-4-9-12(10)11;;;/h2-9H,1H2;;;/q;+2;2*-1. The molecule has 0 amide bonds. The molecule has 0 unspecified atom stereocenters. The molecule has 0 spiro atoms. The van der Waals surface area contributed by atoms with Crippen molar-refractivity contribution < 1.29 is 2.85 Å². The Morgan fingerprint density at radius 3 is 2.46 bits per heavy atom. The van der Waals surface area contributed by atoms with Crippen LogP contribution in [0, 0.1) is 0 Å². The number of fused-ring (bicyclic) bond motifs is 1. The molecule has 0 nitrogen and oxygen atoms in total. The van der Waals surface area contributed by atoms with Gasteiger partial charge in [0.05, 0.1) is 0 Å². The van der Waals surface area contributed by atoms with E-state index in [9.17, 15) is 0 Å². The fourth-order valence-corrected chi connectivity index (χ4v) is 1.43. The smallest absolute Gasteiger partial charge is 1.00 e. The summed E-state index contributed by atoms with van der Waals surface area (Å²) in [5.41, 5.74) is 1.20. The summed E-state index contributed by atoms with van der Waals surface area (Å²) in [6.45, 7) is 3.78. The molecule has 0 heterocycles. The van der Waals surface area contributed by atoms with Crippen LogP contribution in [0.3, 0.4) is 0 Å². The van der Waals surface area contributed by atoms with Crippen molar-refractivity contribution in [3.05, 3.63) is 54.6 Å². The maximum atomic E-state index is 3.78. The molecule has 0 bridgehead atoms. The SMILES string of the molecule is C=Cc1cccc2ccccc12.[Ca+2].[H-].[H-]. The fourth-order valence-electron chi connectivity index (χ4n) is 1.43. The van der Waals surface area contributed by atoms with Crippen LogP contribution in [0.2, 0.25) is 0 Å². The van der Waals surface area contributed by atoms with Gasteiger partial charge in [0.15, 0.2) is 0 Å². The molecule has 13 heavy (non-hydrogen) atoms. The summed E-state index contributed by atoms with van der Waals surface area (Å²) < 4.78 is 0. The van der Waals surface area contributed by atoms with Crippen LogP contribution in [-0.2, 0) is 0 Å². The Morgan fingerprint density at radius 2 is 1.69 bits per heavy atom. The van der Waals surface area contributed by atoms with Gasteiger partial charge in [-0.05, 0) is 16.3 Å². The van der Waals surface area contributed by atoms with E-state index in [1.807, 2.05) is 6.08 Å². The second-order valence-electron chi connectivity index (χ2n) is 2.77. The maximum absolute atomic E-state index is 3.78. The summed E-state index contributed by atoms with van der Waals surface area (Å²) in [5, 5.41) is 2.55. The molecule has 0 saturated heterocycles. The van der Waals surface area contributed by atoms with Crippen molar-refractivity contribution in [3.63, 3.8) is 0 Å². The molecule has 0 aliphatic heterocycles. The molecular weight excluding hydrogens is 184 g/mol. The molecule has 0 aliphatic carbocycles. The first-order valence-corrected chi connectivity index (χ1v) is 4.02. The molecule has 0 fully saturated rings. The summed E-state index contributed by atoms with van der Waals surface area (Å²) in [4.78, 5) is 0. The number of hydrogen-bond acceptors (Lipinski definition) is 0. The number of hydrogen-bond donors (Lipinski definition) is 0. The first kappa shape index (κ1) is 10.8. The van der Waals surface area contributed by atoms with Gasteiger partial charge >= 0.3 is 37.7 Å². The van der Waals surface area contributed by atoms with E-state index in [4.69, 9.17) is 0 Å². The summed E-state index contributed by atoms with van der Waals surface area (Å²) in [7, 11) is 0. The Morgan fingerprint density at radius 1 is 1.00 bits per heavy atom. The zero-order valence-electron chi connectivity index (χ0n) is 9.53. The third-order valence-electron chi connectivity index (χ3n) is 2.04. The predicted octanol–water partition coefficient (Wildman–Crippen LogP) is 3.33. The molecule has 1 heteroatoms. The Bertz CT molecular complexity index is 421. The van der Waals surface area contributed by atoms with Gasteiger partial charge in [0.1, 0.15) is 0 Å². The van der Waals surface area contributed by atoms with E-state index in [2.05, 4.69) is 49.0 Å². The Kier molecular flexibility index (Phi) is 3.98. The average Bonchev–Trinajstić information content (AvgIpc) is 2.17. The summed E-state index contributed by atoms with van der Waals surface area (Å²) >= 11 is 0. The molecule has 0 atom stereocenters. The molecule has 62 valence electrons.